The highest BCUT2D eigenvalue weighted by molar-refractivity contribution is 7.89. The van der Waals surface area contributed by atoms with Gasteiger partial charge in [-0.05, 0) is 28.6 Å². The molecule has 1 aliphatic heterocycles. The Morgan fingerprint density at radius 3 is 2.33 bits per heavy atom. The van der Waals surface area contributed by atoms with E-state index in [4.69, 9.17) is 0 Å². The van der Waals surface area contributed by atoms with Crippen molar-refractivity contribution in [1.82, 2.24) is 29.4 Å². The normalized spacial score (nSPS) is 15.9. The van der Waals surface area contributed by atoms with Crippen LogP contribution in [0.2, 0.25) is 0 Å². The van der Waals surface area contributed by atoms with Crippen molar-refractivity contribution in [1.29, 1.82) is 0 Å². The van der Waals surface area contributed by atoms with Gasteiger partial charge < -0.3 is 0 Å². The standard InChI is InChI=1S/C18H19N7O4S/c26-25(27)16-8-4-5-9-17(16)30(28,29)23-12-10-22(11-13-23)14-18-19-20-21-24(18)15-6-2-1-3-7-15/h1-9H,10-14H2. The zero-order valence-electron chi connectivity index (χ0n) is 15.9. The van der Waals surface area contributed by atoms with Crippen molar-refractivity contribution in [3.63, 3.8) is 0 Å². The number of nitro benzene ring substituents is 1. The number of nitrogens with zero attached hydrogens (tertiary/aromatic N) is 7. The van der Waals surface area contributed by atoms with E-state index in [1.165, 1.54) is 28.6 Å². The van der Waals surface area contributed by atoms with E-state index < -0.39 is 20.6 Å². The molecule has 3 aromatic rings. The minimum absolute atomic E-state index is 0.223. The Bertz CT molecular complexity index is 1140. The van der Waals surface area contributed by atoms with Gasteiger partial charge >= 0.3 is 0 Å². The van der Waals surface area contributed by atoms with Crippen LogP contribution in [0, 0.1) is 10.1 Å². The number of hydrogen-bond donors (Lipinski definition) is 0. The monoisotopic (exact) mass is 429 g/mol. The number of sulfonamides is 1. The van der Waals surface area contributed by atoms with Gasteiger partial charge in [0.1, 0.15) is 0 Å². The van der Waals surface area contributed by atoms with Crippen molar-refractivity contribution >= 4 is 15.7 Å². The van der Waals surface area contributed by atoms with Crippen LogP contribution in [0.4, 0.5) is 5.69 Å². The second kappa shape index (κ2) is 8.26. The van der Waals surface area contributed by atoms with E-state index in [2.05, 4.69) is 20.4 Å². The van der Waals surface area contributed by atoms with E-state index in [1.807, 2.05) is 30.3 Å². The maximum Gasteiger partial charge on any atom is 0.289 e. The first-order chi connectivity index (χ1) is 14.5. The molecule has 30 heavy (non-hydrogen) atoms. The van der Waals surface area contributed by atoms with Gasteiger partial charge in [-0.1, -0.05) is 30.3 Å². The minimum atomic E-state index is -3.95. The predicted molar refractivity (Wildman–Crippen MR) is 106 cm³/mol. The van der Waals surface area contributed by atoms with Crippen molar-refractivity contribution in [2.24, 2.45) is 0 Å². The van der Waals surface area contributed by atoms with E-state index in [0.717, 1.165) is 5.69 Å². The molecule has 0 saturated carbocycles. The summed E-state index contributed by atoms with van der Waals surface area (Å²) >= 11 is 0. The molecule has 0 bridgehead atoms. The van der Waals surface area contributed by atoms with Crippen molar-refractivity contribution in [3.8, 4) is 5.69 Å². The Hall–Kier alpha value is -3.22. The van der Waals surface area contributed by atoms with Crippen molar-refractivity contribution in [3.05, 3.63) is 70.5 Å². The lowest BCUT2D eigenvalue weighted by Gasteiger charge is -2.33. The quantitative estimate of drug-likeness (QED) is 0.421. The highest BCUT2D eigenvalue weighted by Gasteiger charge is 2.33. The molecule has 0 aliphatic carbocycles. The summed E-state index contributed by atoms with van der Waals surface area (Å²) in [5.74, 6) is 0.649. The summed E-state index contributed by atoms with van der Waals surface area (Å²) in [5.41, 5.74) is 0.428. The zero-order valence-corrected chi connectivity index (χ0v) is 16.7. The minimum Gasteiger partial charge on any atom is -0.293 e. The third-order valence-electron chi connectivity index (χ3n) is 4.91. The molecule has 2 aromatic carbocycles. The number of para-hydroxylation sites is 2. The highest BCUT2D eigenvalue weighted by atomic mass is 32.2. The molecular formula is C18H19N7O4S. The lowest BCUT2D eigenvalue weighted by molar-refractivity contribution is -0.387. The summed E-state index contributed by atoms with van der Waals surface area (Å²) in [6, 6.07) is 14.9. The van der Waals surface area contributed by atoms with Crippen molar-refractivity contribution < 1.29 is 13.3 Å². The first kappa shape index (κ1) is 20.1. The third-order valence-corrected chi connectivity index (χ3v) is 6.86. The number of aromatic nitrogens is 4. The molecule has 0 N–H and O–H groups in total. The van der Waals surface area contributed by atoms with Crippen molar-refractivity contribution in [2.75, 3.05) is 26.2 Å². The van der Waals surface area contributed by atoms with Gasteiger partial charge in [0.15, 0.2) is 10.7 Å². The Kier molecular flexibility index (Phi) is 5.53. The maximum atomic E-state index is 12.9. The van der Waals surface area contributed by atoms with Gasteiger partial charge in [0.05, 0.1) is 17.2 Å². The summed E-state index contributed by atoms with van der Waals surface area (Å²) in [4.78, 5) is 12.3. The van der Waals surface area contributed by atoms with Gasteiger partial charge in [0.2, 0.25) is 10.0 Å². The van der Waals surface area contributed by atoms with E-state index >= 15 is 0 Å². The maximum absolute atomic E-state index is 12.9. The number of piperazine rings is 1. The van der Waals surface area contributed by atoms with Crippen LogP contribution < -0.4 is 0 Å². The molecule has 11 nitrogen and oxygen atoms in total. The lowest BCUT2D eigenvalue weighted by Crippen LogP contribution is -2.48. The van der Waals surface area contributed by atoms with Crippen LogP contribution in [0.25, 0.3) is 5.69 Å². The van der Waals surface area contributed by atoms with Gasteiger partial charge in [-0.2, -0.15) is 8.99 Å². The Morgan fingerprint density at radius 1 is 0.967 bits per heavy atom. The van der Waals surface area contributed by atoms with Gasteiger partial charge in [-0.15, -0.1) is 5.10 Å². The SMILES string of the molecule is O=[N+]([O-])c1ccccc1S(=O)(=O)N1CCN(Cc2nnnn2-c2ccccc2)CC1. The molecule has 1 saturated heterocycles. The molecule has 0 atom stereocenters. The zero-order chi connectivity index (χ0) is 21.1. The number of hydrogen-bond acceptors (Lipinski definition) is 8. The number of tetrazole rings is 1. The molecule has 1 aliphatic rings. The molecule has 1 fully saturated rings. The smallest absolute Gasteiger partial charge is 0.289 e. The van der Waals surface area contributed by atoms with Crippen LogP contribution >= 0.6 is 0 Å². The first-order valence-electron chi connectivity index (χ1n) is 9.25. The van der Waals surface area contributed by atoms with Crippen molar-refractivity contribution in [2.45, 2.75) is 11.4 Å². The second-order valence-electron chi connectivity index (χ2n) is 6.75. The van der Waals surface area contributed by atoms with E-state index in [-0.39, 0.29) is 18.0 Å². The summed E-state index contributed by atoms with van der Waals surface area (Å²) in [7, 11) is -3.95. The average Bonchev–Trinajstić information content (AvgIpc) is 3.23. The average molecular weight is 429 g/mol. The number of nitro groups is 1. The molecule has 2 heterocycles. The van der Waals surface area contributed by atoms with Gasteiger partial charge in [0.25, 0.3) is 5.69 Å². The molecular weight excluding hydrogens is 410 g/mol. The second-order valence-corrected chi connectivity index (χ2v) is 8.65. The molecule has 0 amide bonds. The first-order valence-corrected chi connectivity index (χ1v) is 10.7. The molecule has 0 spiro atoms. The third kappa shape index (κ3) is 3.92. The van der Waals surface area contributed by atoms with Crippen LogP contribution in [-0.4, -0.2) is 68.9 Å². The molecule has 156 valence electrons. The van der Waals surface area contributed by atoms with E-state index in [9.17, 15) is 18.5 Å². The summed E-state index contributed by atoms with van der Waals surface area (Å²) < 4.78 is 28.8. The summed E-state index contributed by atoms with van der Waals surface area (Å²) in [6.07, 6.45) is 0. The van der Waals surface area contributed by atoms with Crippen LogP contribution in [0.5, 0.6) is 0 Å². The fourth-order valence-electron chi connectivity index (χ4n) is 3.37. The predicted octanol–water partition coefficient (Wildman–Crippen LogP) is 1.08. The van der Waals surface area contributed by atoms with Crippen LogP contribution in [0.1, 0.15) is 5.82 Å². The number of benzene rings is 2. The lowest BCUT2D eigenvalue weighted by atomic mass is 10.3. The Balaban J connectivity index is 1.45. The molecule has 1 aromatic heterocycles. The Morgan fingerprint density at radius 2 is 1.63 bits per heavy atom. The van der Waals surface area contributed by atoms with Crippen LogP contribution in [-0.2, 0) is 16.6 Å². The van der Waals surface area contributed by atoms with Crippen LogP contribution in [0.15, 0.2) is 59.5 Å². The molecule has 4 rings (SSSR count). The molecule has 0 unspecified atom stereocenters. The van der Waals surface area contributed by atoms with E-state index in [0.29, 0.717) is 25.5 Å². The largest absolute Gasteiger partial charge is 0.293 e. The highest BCUT2D eigenvalue weighted by Crippen LogP contribution is 2.27. The van der Waals surface area contributed by atoms with Gasteiger partial charge in [-0.3, -0.25) is 15.0 Å². The summed E-state index contributed by atoms with van der Waals surface area (Å²) in [5, 5.41) is 23.1. The van der Waals surface area contributed by atoms with Gasteiger partial charge in [0, 0.05) is 32.2 Å². The van der Waals surface area contributed by atoms with E-state index in [1.54, 1.807) is 4.68 Å². The van der Waals surface area contributed by atoms with Crippen LogP contribution in [0.3, 0.4) is 0 Å². The van der Waals surface area contributed by atoms with Gasteiger partial charge in [-0.25, -0.2) is 8.42 Å². The summed E-state index contributed by atoms with van der Waals surface area (Å²) in [6.45, 7) is 1.83. The molecule has 0 radical (unpaired) electrons. The topological polar surface area (TPSA) is 127 Å². The number of rotatable bonds is 6. The fourth-order valence-corrected chi connectivity index (χ4v) is 4.95. The molecule has 12 heteroatoms. The fraction of sp³-hybridized carbons (Fsp3) is 0.278. The Labute approximate surface area is 172 Å².